The van der Waals surface area contributed by atoms with E-state index in [9.17, 15) is 9.59 Å². The van der Waals surface area contributed by atoms with Gasteiger partial charge < -0.3 is 19.7 Å². The highest BCUT2D eigenvalue weighted by atomic mass is 35.5. The van der Waals surface area contributed by atoms with Crippen LogP contribution < -0.4 is 5.32 Å². The van der Waals surface area contributed by atoms with Crippen molar-refractivity contribution in [1.29, 1.82) is 0 Å². The van der Waals surface area contributed by atoms with E-state index < -0.39 is 0 Å². The molecule has 150 valence electrons. The first-order valence-corrected chi connectivity index (χ1v) is 10.2. The van der Waals surface area contributed by atoms with Crippen molar-refractivity contribution in [3.05, 3.63) is 11.6 Å². The van der Waals surface area contributed by atoms with E-state index in [4.69, 9.17) is 11.6 Å². The number of amides is 2. The number of nitrogens with one attached hydrogen (secondary N) is 1. The third kappa shape index (κ3) is 4.04. The number of nitrogens with zero attached hydrogens (tertiary/aromatic N) is 6. The largest absolute Gasteiger partial charge is 0.368 e. The van der Waals surface area contributed by atoms with E-state index in [1.807, 2.05) is 14.4 Å². The van der Waals surface area contributed by atoms with Gasteiger partial charge in [0.1, 0.15) is 0 Å². The Kier molecular flexibility index (Phi) is 5.61. The van der Waals surface area contributed by atoms with Gasteiger partial charge in [-0.25, -0.2) is 4.98 Å². The second kappa shape index (κ2) is 8.30. The topological polar surface area (TPSA) is 96.2 Å². The van der Waals surface area contributed by atoms with E-state index in [-0.39, 0.29) is 17.1 Å². The van der Waals surface area contributed by atoms with Gasteiger partial charge in [-0.05, 0) is 30.9 Å². The second-order valence-electron chi connectivity index (χ2n) is 7.20. The number of carbonyl (C=O) groups is 2. The summed E-state index contributed by atoms with van der Waals surface area (Å²) in [6, 6.07) is 0. The maximum atomic E-state index is 11.8. The lowest BCUT2D eigenvalue weighted by atomic mass is 10.3. The number of hydrogen-bond donors (Lipinski definition) is 1. The van der Waals surface area contributed by atoms with Crippen molar-refractivity contribution < 1.29 is 9.59 Å². The number of fused-ring (bicyclic) bond motifs is 1. The lowest BCUT2D eigenvalue weighted by Crippen LogP contribution is -2.28. The number of hydrogen-bond acceptors (Lipinski definition) is 6. The van der Waals surface area contributed by atoms with E-state index in [2.05, 4.69) is 20.3 Å². The number of aromatic nitrogens is 4. The van der Waals surface area contributed by atoms with Crippen LogP contribution in [0.15, 0.2) is 6.33 Å². The maximum Gasteiger partial charge on any atom is 0.226 e. The number of rotatable bonds is 8. The van der Waals surface area contributed by atoms with Gasteiger partial charge in [-0.2, -0.15) is 9.97 Å². The number of carbonyl (C=O) groups excluding carboxylic acids is 2. The van der Waals surface area contributed by atoms with Crippen LogP contribution in [0, 0.1) is 0 Å². The molecule has 2 saturated heterocycles. The lowest BCUT2D eigenvalue weighted by molar-refractivity contribution is -0.128. The van der Waals surface area contributed by atoms with Gasteiger partial charge in [0.05, 0.1) is 6.33 Å². The van der Waals surface area contributed by atoms with E-state index >= 15 is 0 Å². The van der Waals surface area contributed by atoms with Gasteiger partial charge in [-0.3, -0.25) is 9.59 Å². The Balaban J connectivity index is 1.38. The van der Waals surface area contributed by atoms with Crippen LogP contribution >= 0.6 is 11.6 Å². The SMILES string of the molecule is O=C1CCCN1CCCNc1nc(Cl)nc2c1ncn2CCN1CCCC1=O. The summed E-state index contributed by atoms with van der Waals surface area (Å²) in [5.74, 6) is 1.04. The van der Waals surface area contributed by atoms with Crippen molar-refractivity contribution in [2.75, 3.05) is 38.0 Å². The minimum Gasteiger partial charge on any atom is -0.368 e. The summed E-state index contributed by atoms with van der Waals surface area (Å²) in [6.45, 7) is 4.33. The summed E-state index contributed by atoms with van der Waals surface area (Å²) in [5, 5.41) is 3.43. The standard InChI is InChI=1S/C18H24ClN7O2/c19-18-22-16(20-6-3-9-24-7-1-4-13(24)27)15-17(23-18)26(12-21-15)11-10-25-8-2-5-14(25)28/h12H,1-11H2,(H,20,22,23). The molecule has 2 aliphatic heterocycles. The molecule has 4 heterocycles. The van der Waals surface area contributed by atoms with Crippen LogP contribution in [0.1, 0.15) is 32.1 Å². The van der Waals surface area contributed by atoms with E-state index in [0.717, 1.165) is 38.9 Å². The van der Waals surface area contributed by atoms with Gasteiger partial charge in [0, 0.05) is 52.1 Å². The van der Waals surface area contributed by atoms with Crippen LogP contribution in [0.5, 0.6) is 0 Å². The van der Waals surface area contributed by atoms with Crippen LogP contribution in [0.3, 0.4) is 0 Å². The summed E-state index contributed by atoms with van der Waals surface area (Å²) in [7, 11) is 0. The molecule has 0 unspecified atom stereocenters. The first-order valence-electron chi connectivity index (χ1n) is 9.79. The molecular formula is C18H24ClN7O2. The maximum absolute atomic E-state index is 11.8. The van der Waals surface area contributed by atoms with Crippen LogP contribution in [-0.2, 0) is 16.1 Å². The Morgan fingerprint density at radius 1 is 1.00 bits per heavy atom. The van der Waals surface area contributed by atoms with Gasteiger partial charge in [0.15, 0.2) is 17.0 Å². The molecule has 10 heteroatoms. The van der Waals surface area contributed by atoms with Crippen molar-refractivity contribution in [1.82, 2.24) is 29.3 Å². The molecule has 2 fully saturated rings. The van der Waals surface area contributed by atoms with E-state index in [1.54, 1.807) is 6.33 Å². The first kappa shape index (κ1) is 18.9. The van der Waals surface area contributed by atoms with Crippen LogP contribution in [0.2, 0.25) is 5.28 Å². The Bertz CT molecular complexity index is 884. The van der Waals surface area contributed by atoms with Crippen molar-refractivity contribution >= 4 is 40.4 Å². The van der Waals surface area contributed by atoms with Gasteiger partial charge >= 0.3 is 0 Å². The molecule has 0 saturated carbocycles. The zero-order chi connectivity index (χ0) is 19.5. The number of halogens is 1. The van der Waals surface area contributed by atoms with Crippen LogP contribution in [-0.4, -0.2) is 73.9 Å². The van der Waals surface area contributed by atoms with Gasteiger partial charge in [0.2, 0.25) is 17.1 Å². The monoisotopic (exact) mass is 405 g/mol. The molecule has 0 aromatic carbocycles. The van der Waals surface area contributed by atoms with Gasteiger partial charge in [0.25, 0.3) is 0 Å². The third-order valence-electron chi connectivity index (χ3n) is 5.29. The van der Waals surface area contributed by atoms with Crippen molar-refractivity contribution in [2.45, 2.75) is 38.6 Å². The second-order valence-corrected chi connectivity index (χ2v) is 7.54. The summed E-state index contributed by atoms with van der Waals surface area (Å²) >= 11 is 6.12. The molecule has 0 atom stereocenters. The van der Waals surface area contributed by atoms with Crippen LogP contribution in [0.4, 0.5) is 5.82 Å². The summed E-state index contributed by atoms with van der Waals surface area (Å²) < 4.78 is 1.91. The van der Waals surface area contributed by atoms with Gasteiger partial charge in [-0.1, -0.05) is 0 Å². The highest BCUT2D eigenvalue weighted by molar-refractivity contribution is 6.28. The Labute approximate surface area is 168 Å². The minimum atomic E-state index is 0.156. The lowest BCUT2D eigenvalue weighted by Gasteiger charge is -2.16. The summed E-state index contributed by atoms with van der Waals surface area (Å²) in [6.07, 6.45) is 5.71. The zero-order valence-electron chi connectivity index (χ0n) is 15.7. The molecule has 28 heavy (non-hydrogen) atoms. The molecule has 4 rings (SSSR count). The number of likely N-dealkylation sites (tertiary alicyclic amines) is 2. The zero-order valence-corrected chi connectivity index (χ0v) is 16.5. The molecular weight excluding hydrogens is 382 g/mol. The molecule has 1 N–H and O–H groups in total. The van der Waals surface area contributed by atoms with Gasteiger partial charge in [-0.15, -0.1) is 0 Å². The molecule has 0 spiro atoms. The average Bonchev–Trinajstić information content (AvgIpc) is 3.38. The highest BCUT2D eigenvalue weighted by Gasteiger charge is 2.21. The first-order chi connectivity index (χ1) is 13.6. The average molecular weight is 406 g/mol. The minimum absolute atomic E-state index is 0.156. The normalized spacial score (nSPS) is 17.3. The Morgan fingerprint density at radius 2 is 1.71 bits per heavy atom. The molecule has 2 aromatic heterocycles. The van der Waals surface area contributed by atoms with E-state index in [0.29, 0.717) is 49.5 Å². The summed E-state index contributed by atoms with van der Waals surface area (Å²) in [5.41, 5.74) is 1.32. The predicted octanol–water partition coefficient (Wildman–Crippen LogP) is 1.53. The van der Waals surface area contributed by atoms with Crippen molar-refractivity contribution in [3.8, 4) is 0 Å². The molecule has 9 nitrogen and oxygen atoms in total. The Morgan fingerprint density at radius 3 is 2.39 bits per heavy atom. The quantitative estimate of drug-likeness (QED) is 0.528. The third-order valence-corrected chi connectivity index (χ3v) is 5.46. The molecule has 2 aromatic rings. The van der Waals surface area contributed by atoms with Crippen molar-refractivity contribution in [2.24, 2.45) is 0 Å². The van der Waals surface area contributed by atoms with Crippen molar-refractivity contribution in [3.63, 3.8) is 0 Å². The molecule has 2 amide bonds. The number of imidazole rings is 1. The molecule has 0 radical (unpaired) electrons. The smallest absolute Gasteiger partial charge is 0.226 e. The summed E-state index contributed by atoms with van der Waals surface area (Å²) in [4.78, 5) is 40.3. The predicted molar refractivity (Wildman–Crippen MR) is 105 cm³/mol. The molecule has 0 bridgehead atoms. The fourth-order valence-corrected chi connectivity index (χ4v) is 3.96. The van der Waals surface area contributed by atoms with E-state index in [1.165, 1.54) is 0 Å². The Hall–Kier alpha value is -2.42. The fraction of sp³-hybridized carbons (Fsp3) is 0.611. The van der Waals surface area contributed by atoms with Crippen LogP contribution in [0.25, 0.3) is 11.2 Å². The molecule has 2 aliphatic rings. The highest BCUT2D eigenvalue weighted by Crippen LogP contribution is 2.21. The molecule has 0 aliphatic carbocycles. The number of anilines is 1. The fourth-order valence-electron chi connectivity index (χ4n) is 3.79.